The number of para-hydroxylation sites is 2. The molecule has 0 saturated carbocycles. The normalized spacial score (nSPS) is 14.3. The molecule has 7 rings (SSSR count). The number of aromatic nitrogens is 2. The number of anilines is 2. The molecular formula is C34H26Cl2N4O2. The minimum absolute atomic E-state index is 0.0442. The monoisotopic (exact) mass is 592 g/mol. The van der Waals surface area contributed by atoms with Crippen LogP contribution >= 0.6 is 23.2 Å². The maximum Gasteiger partial charge on any atom is 0.224 e. The zero-order valence-corrected chi connectivity index (χ0v) is 24.5. The van der Waals surface area contributed by atoms with Crippen LogP contribution in [0.25, 0.3) is 43.6 Å². The van der Waals surface area contributed by atoms with Crippen LogP contribution in [0.2, 0.25) is 0 Å². The van der Waals surface area contributed by atoms with E-state index in [1.54, 1.807) is 0 Å². The van der Waals surface area contributed by atoms with E-state index in [2.05, 4.69) is 57.9 Å². The second-order valence-electron chi connectivity index (χ2n) is 10.3. The number of Topliss-reactive ketones (excluding diaryl/α,β-unsaturated/α-hetero) is 2. The van der Waals surface area contributed by atoms with Gasteiger partial charge in [-0.1, -0.05) is 59.6 Å². The van der Waals surface area contributed by atoms with E-state index in [4.69, 9.17) is 23.2 Å². The number of hydrogen-bond acceptors (Lipinski definition) is 4. The lowest BCUT2D eigenvalue weighted by atomic mass is 10.0. The van der Waals surface area contributed by atoms with E-state index in [9.17, 15) is 9.59 Å². The number of carbonyl (C=O) groups is 2. The average molecular weight is 594 g/mol. The Labute approximate surface area is 251 Å². The maximum atomic E-state index is 13.4. The van der Waals surface area contributed by atoms with Gasteiger partial charge in [-0.3, -0.25) is 9.59 Å². The Kier molecular flexibility index (Phi) is 6.34. The third kappa shape index (κ3) is 3.94. The Morgan fingerprint density at radius 1 is 0.548 bits per heavy atom. The van der Waals surface area contributed by atoms with Crippen LogP contribution in [0.4, 0.5) is 11.4 Å². The Morgan fingerprint density at radius 2 is 0.929 bits per heavy atom. The van der Waals surface area contributed by atoms with Gasteiger partial charge in [-0.05, 0) is 62.4 Å². The number of benzene rings is 4. The molecule has 0 fully saturated rings. The standard InChI is InChI=1S/C34H26Cl2N4O2/c1-3-39-25-11-7-5-9-21(25)23-17-19(13-15-27(23)39)37-31-29(35)34(42)32(30(36)33(31)41)38-20-14-16-28-24(18-20)22-10-6-8-12-26(22)40(28)4-2/h5-18,37-38H,3-4H2,1-2H3. The summed E-state index contributed by atoms with van der Waals surface area (Å²) in [6.45, 7) is 5.86. The largest absolute Gasteiger partial charge is 0.351 e. The van der Waals surface area contributed by atoms with Gasteiger partial charge in [0.2, 0.25) is 11.6 Å². The molecule has 1 aliphatic rings. The van der Waals surface area contributed by atoms with Crippen molar-refractivity contribution in [1.82, 2.24) is 9.13 Å². The lowest BCUT2D eigenvalue weighted by Crippen LogP contribution is -2.27. The minimum atomic E-state index is -0.552. The summed E-state index contributed by atoms with van der Waals surface area (Å²) in [5.41, 5.74) is 5.61. The van der Waals surface area contributed by atoms with Gasteiger partial charge in [0.05, 0.1) is 0 Å². The van der Waals surface area contributed by atoms with Crippen LogP contribution in [0.3, 0.4) is 0 Å². The number of nitrogens with zero attached hydrogens (tertiary/aromatic N) is 2. The highest BCUT2D eigenvalue weighted by molar-refractivity contribution is 6.56. The lowest BCUT2D eigenvalue weighted by Gasteiger charge is -2.20. The molecule has 0 spiro atoms. The highest BCUT2D eigenvalue weighted by Gasteiger charge is 2.34. The molecule has 4 aromatic carbocycles. The molecule has 0 saturated heterocycles. The molecule has 2 heterocycles. The van der Waals surface area contributed by atoms with Crippen LogP contribution in [-0.4, -0.2) is 20.7 Å². The predicted octanol–water partition coefficient (Wildman–Crippen LogP) is 8.52. The van der Waals surface area contributed by atoms with Crippen LogP contribution in [0.5, 0.6) is 0 Å². The van der Waals surface area contributed by atoms with Gasteiger partial charge in [-0.25, -0.2) is 0 Å². The molecule has 0 aliphatic heterocycles. The summed E-state index contributed by atoms with van der Waals surface area (Å²) in [5, 5.41) is 10.0. The first-order valence-corrected chi connectivity index (χ1v) is 14.6. The SMILES string of the molecule is CCn1c2ccccc2c2cc(NC3=C(Cl)C(=O)C(Nc4ccc5c(c4)c4ccccc4n5CC)=C(Cl)C3=O)ccc21. The number of nitrogens with one attached hydrogen (secondary N) is 2. The average Bonchev–Trinajstić information content (AvgIpc) is 3.52. The van der Waals surface area contributed by atoms with Crippen molar-refractivity contribution in [3.63, 3.8) is 0 Å². The van der Waals surface area contributed by atoms with E-state index in [0.717, 1.165) is 56.7 Å². The van der Waals surface area contributed by atoms with Crippen LogP contribution in [0.15, 0.2) is 106 Å². The highest BCUT2D eigenvalue weighted by atomic mass is 35.5. The maximum absolute atomic E-state index is 13.4. The molecule has 0 unspecified atom stereocenters. The molecule has 8 heteroatoms. The van der Waals surface area contributed by atoms with Crippen LogP contribution in [0, 0.1) is 0 Å². The summed E-state index contributed by atoms with van der Waals surface area (Å²) in [6, 6.07) is 28.0. The third-order valence-electron chi connectivity index (χ3n) is 8.01. The fraction of sp³-hybridized carbons (Fsp3) is 0.118. The first kappa shape index (κ1) is 26.4. The Morgan fingerprint density at radius 3 is 1.33 bits per heavy atom. The van der Waals surface area contributed by atoms with Crippen molar-refractivity contribution in [3.8, 4) is 0 Å². The van der Waals surface area contributed by atoms with E-state index in [1.807, 2.05) is 60.7 Å². The zero-order chi connectivity index (χ0) is 29.1. The van der Waals surface area contributed by atoms with Crippen molar-refractivity contribution in [3.05, 3.63) is 106 Å². The number of fused-ring (bicyclic) bond motifs is 6. The molecule has 0 amide bonds. The Hall–Kier alpha value is -4.52. The second kappa shape index (κ2) is 10.1. The molecule has 0 bridgehead atoms. The fourth-order valence-electron chi connectivity index (χ4n) is 6.10. The van der Waals surface area contributed by atoms with Gasteiger partial charge >= 0.3 is 0 Å². The quantitative estimate of drug-likeness (QED) is 0.190. The number of hydrogen-bond donors (Lipinski definition) is 2. The second-order valence-corrected chi connectivity index (χ2v) is 11.0. The molecule has 42 heavy (non-hydrogen) atoms. The predicted molar refractivity (Wildman–Crippen MR) is 173 cm³/mol. The third-order valence-corrected chi connectivity index (χ3v) is 8.73. The van der Waals surface area contributed by atoms with Crippen molar-refractivity contribution in [2.45, 2.75) is 26.9 Å². The van der Waals surface area contributed by atoms with E-state index in [0.29, 0.717) is 11.4 Å². The summed E-state index contributed by atoms with van der Waals surface area (Å²) in [7, 11) is 0. The summed E-state index contributed by atoms with van der Waals surface area (Å²) >= 11 is 13.1. The summed E-state index contributed by atoms with van der Waals surface area (Å²) in [6.07, 6.45) is 0. The van der Waals surface area contributed by atoms with Crippen molar-refractivity contribution >= 4 is 89.8 Å². The Balaban J connectivity index is 1.22. The van der Waals surface area contributed by atoms with Gasteiger partial charge in [0, 0.05) is 68.1 Å². The van der Waals surface area contributed by atoms with E-state index in [-0.39, 0.29) is 21.5 Å². The van der Waals surface area contributed by atoms with Crippen molar-refractivity contribution in [2.24, 2.45) is 0 Å². The van der Waals surface area contributed by atoms with Crippen molar-refractivity contribution in [1.29, 1.82) is 0 Å². The molecule has 1 aliphatic carbocycles. The molecule has 2 aromatic heterocycles. The van der Waals surface area contributed by atoms with Crippen LogP contribution in [0.1, 0.15) is 13.8 Å². The summed E-state index contributed by atoms with van der Waals surface area (Å²) in [5.74, 6) is -1.10. The van der Waals surface area contributed by atoms with Crippen molar-refractivity contribution < 1.29 is 9.59 Å². The summed E-state index contributed by atoms with van der Waals surface area (Å²) in [4.78, 5) is 26.9. The molecule has 0 radical (unpaired) electrons. The fourth-order valence-corrected chi connectivity index (χ4v) is 6.56. The first-order chi connectivity index (χ1) is 20.4. The number of ketones is 2. The summed E-state index contributed by atoms with van der Waals surface area (Å²) < 4.78 is 4.48. The molecule has 6 aromatic rings. The molecular weight excluding hydrogens is 567 g/mol. The van der Waals surface area contributed by atoms with Crippen LogP contribution in [-0.2, 0) is 22.7 Å². The number of allylic oxidation sites excluding steroid dienone is 2. The molecule has 6 nitrogen and oxygen atoms in total. The number of rotatable bonds is 6. The van der Waals surface area contributed by atoms with Gasteiger partial charge in [-0.2, -0.15) is 0 Å². The van der Waals surface area contributed by atoms with E-state index < -0.39 is 11.6 Å². The molecule has 208 valence electrons. The topological polar surface area (TPSA) is 68.1 Å². The first-order valence-electron chi connectivity index (χ1n) is 13.9. The molecule has 0 atom stereocenters. The van der Waals surface area contributed by atoms with Gasteiger partial charge in [0.15, 0.2) is 0 Å². The lowest BCUT2D eigenvalue weighted by molar-refractivity contribution is -0.115. The van der Waals surface area contributed by atoms with E-state index in [1.165, 1.54) is 0 Å². The van der Waals surface area contributed by atoms with E-state index >= 15 is 0 Å². The number of aryl methyl sites for hydroxylation is 2. The number of carbonyl (C=O) groups excluding carboxylic acids is 2. The van der Waals surface area contributed by atoms with Gasteiger partial charge in [-0.15, -0.1) is 0 Å². The highest BCUT2D eigenvalue weighted by Crippen LogP contribution is 2.36. The zero-order valence-electron chi connectivity index (χ0n) is 23.0. The van der Waals surface area contributed by atoms with Gasteiger partial charge < -0.3 is 19.8 Å². The van der Waals surface area contributed by atoms with Crippen molar-refractivity contribution in [2.75, 3.05) is 10.6 Å². The smallest absolute Gasteiger partial charge is 0.224 e. The minimum Gasteiger partial charge on any atom is -0.351 e. The molecule has 2 N–H and O–H groups in total. The van der Waals surface area contributed by atoms with Gasteiger partial charge in [0.25, 0.3) is 0 Å². The Bertz CT molecular complexity index is 2030. The number of halogens is 2. The van der Waals surface area contributed by atoms with Gasteiger partial charge in [0.1, 0.15) is 21.5 Å². The van der Waals surface area contributed by atoms with Crippen LogP contribution < -0.4 is 10.6 Å².